The van der Waals surface area contributed by atoms with Crippen molar-refractivity contribution in [2.24, 2.45) is 0 Å². The Bertz CT molecular complexity index is 391. The van der Waals surface area contributed by atoms with Crippen molar-refractivity contribution in [1.82, 2.24) is 31.1 Å². The molecular weight excluding hydrogens is 436 g/mol. The molecule has 0 aliphatic rings. The lowest BCUT2D eigenvalue weighted by molar-refractivity contribution is 0.295. The van der Waals surface area contributed by atoms with Crippen LogP contribution in [0.5, 0.6) is 0 Å². The summed E-state index contributed by atoms with van der Waals surface area (Å²) in [5, 5.41) is 14.7. The van der Waals surface area contributed by atoms with Gasteiger partial charge in [-0.2, -0.15) is 25.3 Å². The van der Waals surface area contributed by atoms with Gasteiger partial charge in [-0.15, -0.1) is 0 Å². The summed E-state index contributed by atoms with van der Waals surface area (Å²) in [6.45, 7) is 29.9. The topological polar surface area (TPSA) is 54.6 Å². The zero-order valence-electron chi connectivity index (χ0n) is 22.4. The van der Waals surface area contributed by atoms with E-state index in [1.807, 2.05) is 0 Å². The monoisotopic (exact) mass is 492 g/mol. The van der Waals surface area contributed by atoms with Gasteiger partial charge in [0.1, 0.15) is 0 Å². The van der Waals surface area contributed by atoms with E-state index in [9.17, 15) is 0 Å². The molecule has 0 radical (unpaired) electrons. The zero-order valence-corrected chi connectivity index (χ0v) is 24.2. The van der Waals surface area contributed by atoms with E-state index in [1.165, 1.54) is 0 Å². The molecule has 0 aromatic heterocycles. The largest absolute Gasteiger partial charge is 0.314 e. The number of rotatable bonds is 21. The van der Waals surface area contributed by atoms with Crippen LogP contribution < -0.4 is 21.3 Å². The Morgan fingerprint density at radius 1 is 0.594 bits per heavy atom. The highest BCUT2D eigenvalue weighted by atomic mass is 32.1. The fourth-order valence-electron chi connectivity index (χ4n) is 3.68. The second-order valence-corrected chi connectivity index (χ2v) is 12.1. The van der Waals surface area contributed by atoms with Gasteiger partial charge in [-0.25, -0.2) is 0 Å². The molecule has 0 spiro atoms. The molecule has 0 aliphatic heterocycles. The third-order valence-electron chi connectivity index (χ3n) is 6.31. The van der Waals surface area contributed by atoms with E-state index in [-0.39, 0.29) is 9.49 Å². The lowest BCUT2D eigenvalue weighted by Crippen LogP contribution is -2.55. The molecule has 8 heteroatoms. The van der Waals surface area contributed by atoms with Crippen LogP contribution in [0.1, 0.15) is 55.4 Å². The van der Waals surface area contributed by atoms with Crippen molar-refractivity contribution in [2.45, 2.75) is 77.0 Å². The standard InChI is InChI=1S/C24H56N6S2/c1-9-29(10-2)17-15-25-19-21(23(5,6)31)27-13-14-28-22(24(7,8)32)20-26-16-18-30(11-3)12-4/h21-22,25-28,31-32H,9-20H2,1-8H3. The van der Waals surface area contributed by atoms with Gasteiger partial charge in [-0.05, 0) is 53.9 Å². The highest BCUT2D eigenvalue weighted by molar-refractivity contribution is 7.82. The predicted octanol–water partition coefficient (Wildman–Crippen LogP) is 2.18. The number of thiol groups is 2. The molecule has 0 saturated carbocycles. The second kappa shape index (κ2) is 17.8. The van der Waals surface area contributed by atoms with Gasteiger partial charge in [0.15, 0.2) is 0 Å². The molecule has 0 aromatic carbocycles. The minimum atomic E-state index is -0.0869. The molecule has 6 nitrogen and oxygen atoms in total. The van der Waals surface area contributed by atoms with Crippen LogP contribution in [0.25, 0.3) is 0 Å². The van der Waals surface area contributed by atoms with Gasteiger partial charge < -0.3 is 31.1 Å². The fourth-order valence-corrected chi connectivity index (χ4v) is 4.05. The van der Waals surface area contributed by atoms with E-state index in [1.54, 1.807) is 0 Å². The van der Waals surface area contributed by atoms with Crippen molar-refractivity contribution in [2.75, 3.05) is 78.5 Å². The van der Waals surface area contributed by atoms with Gasteiger partial charge in [0.05, 0.1) is 0 Å². The van der Waals surface area contributed by atoms with Crippen LogP contribution in [-0.2, 0) is 0 Å². The molecule has 2 unspecified atom stereocenters. The van der Waals surface area contributed by atoms with Crippen LogP contribution in [0.2, 0.25) is 0 Å². The average molecular weight is 493 g/mol. The van der Waals surface area contributed by atoms with E-state index in [0.717, 1.165) is 78.5 Å². The van der Waals surface area contributed by atoms with Crippen molar-refractivity contribution in [3.63, 3.8) is 0 Å². The highest BCUT2D eigenvalue weighted by Crippen LogP contribution is 2.18. The Kier molecular flexibility index (Phi) is 18.1. The first-order valence-electron chi connectivity index (χ1n) is 12.8. The van der Waals surface area contributed by atoms with Gasteiger partial charge in [-0.3, -0.25) is 0 Å². The maximum Gasteiger partial charge on any atom is 0.0332 e. The fraction of sp³-hybridized carbons (Fsp3) is 1.00. The first-order chi connectivity index (χ1) is 15.0. The van der Waals surface area contributed by atoms with E-state index in [4.69, 9.17) is 25.3 Å². The van der Waals surface area contributed by atoms with Gasteiger partial charge in [0.25, 0.3) is 0 Å². The number of nitrogens with one attached hydrogen (secondary N) is 4. The van der Waals surface area contributed by atoms with E-state index < -0.39 is 0 Å². The van der Waals surface area contributed by atoms with Crippen LogP contribution in [-0.4, -0.2) is 110 Å². The summed E-state index contributed by atoms with van der Waals surface area (Å²) >= 11 is 9.70. The summed E-state index contributed by atoms with van der Waals surface area (Å²) in [5.74, 6) is 0. The van der Waals surface area contributed by atoms with Crippen LogP contribution in [0.3, 0.4) is 0 Å². The molecule has 0 aliphatic carbocycles. The van der Waals surface area contributed by atoms with E-state index >= 15 is 0 Å². The first kappa shape index (κ1) is 32.5. The van der Waals surface area contributed by atoms with Crippen molar-refractivity contribution in [3.05, 3.63) is 0 Å². The first-order valence-corrected chi connectivity index (χ1v) is 13.7. The normalized spacial score (nSPS) is 15.0. The quantitative estimate of drug-likeness (QED) is 0.109. The molecular formula is C24H56N6S2. The summed E-state index contributed by atoms with van der Waals surface area (Å²) in [6.07, 6.45) is 0. The van der Waals surface area contributed by atoms with E-state index in [2.05, 4.69) is 86.5 Å². The third kappa shape index (κ3) is 15.4. The highest BCUT2D eigenvalue weighted by Gasteiger charge is 2.26. The Labute approximate surface area is 211 Å². The maximum atomic E-state index is 4.85. The minimum absolute atomic E-state index is 0.0869. The lowest BCUT2D eigenvalue weighted by Gasteiger charge is -2.34. The van der Waals surface area contributed by atoms with Gasteiger partial charge in [0, 0.05) is 73.9 Å². The summed E-state index contributed by atoms with van der Waals surface area (Å²) < 4.78 is -0.174. The Morgan fingerprint density at radius 2 is 0.906 bits per heavy atom. The number of likely N-dealkylation sites (N-methyl/N-ethyl adjacent to an activating group) is 2. The second-order valence-electron chi connectivity index (χ2n) is 9.78. The molecule has 194 valence electrons. The number of hydrogen-bond acceptors (Lipinski definition) is 8. The Balaban J connectivity index is 4.39. The lowest BCUT2D eigenvalue weighted by atomic mass is 10.0. The minimum Gasteiger partial charge on any atom is -0.314 e. The predicted molar refractivity (Wildman–Crippen MR) is 151 cm³/mol. The number of nitrogens with zero attached hydrogens (tertiary/aromatic N) is 2. The van der Waals surface area contributed by atoms with Crippen molar-refractivity contribution in [3.8, 4) is 0 Å². The van der Waals surface area contributed by atoms with Crippen molar-refractivity contribution >= 4 is 25.3 Å². The molecule has 0 amide bonds. The molecule has 4 N–H and O–H groups in total. The maximum absolute atomic E-state index is 4.85. The van der Waals surface area contributed by atoms with Gasteiger partial charge in [0.2, 0.25) is 0 Å². The van der Waals surface area contributed by atoms with Crippen LogP contribution >= 0.6 is 25.3 Å². The summed E-state index contributed by atoms with van der Waals surface area (Å²) in [4.78, 5) is 4.89. The molecule has 32 heavy (non-hydrogen) atoms. The van der Waals surface area contributed by atoms with Crippen LogP contribution in [0, 0.1) is 0 Å². The third-order valence-corrected chi connectivity index (χ3v) is 6.93. The molecule has 0 heterocycles. The summed E-state index contributed by atoms with van der Waals surface area (Å²) in [7, 11) is 0. The van der Waals surface area contributed by atoms with Crippen molar-refractivity contribution in [1.29, 1.82) is 0 Å². The average Bonchev–Trinajstić information content (AvgIpc) is 2.71. The Morgan fingerprint density at radius 3 is 1.16 bits per heavy atom. The molecule has 0 rings (SSSR count). The van der Waals surface area contributed by atoms with Gasteiger partial charge >= 0.3 is 0 Å². The summed E-state index contributed by atoms with van der Waals surface area (Å²) in [5.41, 5.74) is 0. The molecule has 2 atom stereocenters. The Hall–Kier alpha value is 0.460. The zero-order chi connectivity index (χ0) is 24.6. The molecule has 0 fully saturated rings. The van der Waals surface area contributed by atoms with Gasteiger partial charge in [-0.1, -0.05) is 27.7 Å². The molecule has 0 bridgehead atoms. The number of hydrogen-bond donors (Lipinski definition) is 6. The SMILES string of the molecule is CCN(CC)CCNCC(NCCNC(CNCCN(CC)CC)C(C)(C)S)C(C)(C)S. The van der Waals surface area contributed by atoms with E-state index in [0.29, 0.717) is 12.1 Å². The summed E-state index contributed by atoms with van der Waals surface area (Å²) in [6, 6.07) is 0.609. The molecule has 0 saturated heterocycles. The van der Waals surface area contributed by atoms with Crippen molar-refractivity contribution < 1.29 is 0 Å². The van der Waals surface area contributed by atoms with Crippen LogP contribution in [0.15, 0.2) is 0 Å². The molecule has 0 aromatic rings. The smallest absolute Gasteiger partial charge is 0.0332 e. The van der Waals surface area contributed by atoms with Crippen LogP contribution in [0.4, 0.5) is 0 Å².